The van der Waals surface area contributed by atoms with Gasteiger partial charge in [0.2, 0.25) is 5.91 Å². The van der Waals surface area contributed by atoms with E-state index in [0.29, 0.717) is 0 Å². The Morgan fingerprint density at radius 3 is 2.45 bits per heavy atom. The van der Waals surface area contributed by atoms with Crippen LogP contribution in [0, 0.1) is 13.8 Å². The van der Waals surface area contributed by atoms with Crippen LogP contribution in [0.3, 0.4) is 0 Å². The van der Waals surface area contributed by atoms with Gasteiger partial charge in [-0.2, -0.15) is 0 Å². The number of carbonyl (C=O) groups excluding carboxylic acids is 1. The number of fused-ring (bicyclic) bond motifs is 1. The van der Waals surface area contributed by atoms with Crippen LogP contribution in [0.5, 0.6) is 0 Å². The smallest absolute Gasteiger partial charge is 0.241 e. The van der Waals surface area contributed by atoms with Crippen LogP contribution in [-0.2, 0) is 11.3 Å². The van der Waals surface area contributed by atoms with Gasteiger partial charge in [0, 0.05) is 43.1 Å². The van der Waals surface area contributed by atoms with E-state index in [1.165, 1.54) is 15.6 Å². The van der Waals surface area contributed by atoms with E-state index in [-0.39, 0.29) is 11.9 Å². The number of hydrogen-bond donors (Lipinski definition) is 1. The molecule has 0 radical (unpaired) electrons. The molecule has 4 nitrogen and oxygen atoms in total. The second kappa shape index (κ2) is 8.66. The zero-order chi connectivity index (χ0) is 20.4. The maximum Gasteiger partial charge on any atom is 0.241 e. The van der Waals surface area contributed by atoms with Crippen molar-refractivity contribution in [2.45, 2.75) is 33.4 Å². The molecule has 4 rings (SSSR count). The molecule has 1 aromatic heterocycles. The molecule has 1 aliphatic heterocycles. The molecule has 152 valence electrons. The number of nitrogens with zero attached hydrogens (tertiary/aromatic N) is 2. The van der Waals surface area contributed by atoms with Crippen LogP contribution in [-0.4, -0.2) is 47.9 Å². The molecule has 1 unspecified atom stereocenters. The zero-order valence-corrected chi connectivity index (χ0v) is 18.3. The Morgan fingerprint density at radius 2 is 1.72 bits per heavy atom. The molecular weight excluding hydrogens is 378 g/mol. The predicted molar refractivity (Wildman–Crippen MR) is 123 cm³/mol. The number of para-hydroxylation sites is 1. The van der Waals surface area contributed by atoms with Crippen LogP contribution in [0.1, 0.15) is 23.6 Å². The SMILES string of the molecule is Cc1cccc(C)c1NC(=O)C(C)N1CCN(Cc2csc3ccccc23)CC1. The van der Waals surface area contributed by atoms with Crippen molar-refractivity contribution in [3.8, 4) is 0 Å². The lowest BCUT2D eigenvalue weighted by Gasteiger charge is -2.37. The van der Waals surface area contributed by atoms with Gasteiger partial charge in [0.05, 0.1) is 6.04 Å². The Balaban J connectivity index is 1.33. The summed E-state index contributed by atoms with van der Waals surface area (Å²) < 4.78 is 1.36. The van der Waals surface area contributed by atoms with E-state index in [4.69, 9.17) is 0 Å². The number of rotatable bonds is 5. The van der Waals surface area contributed by atoms with Crippen LogP contribution < -0.4 is 5.32 Å². The van der Waals surface area contributed by atoms with Crippen LogP contribution >= 0.6 is 11.3 Å². The lowest BCUT2D eigenvalue weighted by molar-refractivity contribution is -0.121. The van der Waals surface area contributed by atoms with Gasteiger partial charge in [-0.1, -0.05) is 36.4 Å². The molecule has 0 spiro atoms. The zero-order valence-electron chi connectivity index (χ0n) is 17.4. The van der Waals surface area contributed by atoms with Gasteiger partial charge in [0.15, 0.2) is 0 Å². The summed E-state index contributed by atoms with van der Waals surface area (Å²) in [6.45, 7) is 10.9. The number of amides is 1. The highest BCUT2D eigenvalue weighted by Gasteiger charge is 2.26. The minimum absolute atomic E-state index is 0.0830. The Bertz CT molecular complexity index is 984. The number of nitrogens with one attached hydrogen (secondary N) is 1. The summed E-state index contributed by atoms with van der Waals surface area (Å²) in [4.78, 5) is 17.6. The summed E-state index contributed by atoms with van der Waals surface area (Å²) in [7, 11) is 0. The molecule has 1 amide bonds. The number of hydrogen-bond acceptors (Lipinski definition) is 4. The summed E-state index contributed by atoms with van der Waals surface area (Å²) in [5.74, 6) is 0.0830. The highest BCUT2D eigenvalue weighted by molar-refractivity contribution is 7.17. The van der Waals surface area contributed by atoms with Crippen molar-refractivity contribution in [1.29, 1.82) is 0 Å². The second-order valence-corrected chi connectivity index (χ2v) is 8.91. The van der Waals surface area contributed by atoms with Gasteiger partial charge >= 0.3 is 0 Å². The summed E-state index contributed by atoms with van der Waals surface area (Å²) in [6.07, 6.45) is 0. The van der Waals surface area contributed by atoms with Crippen molar-refractivity contribution in [2.24, 2.45) is 0 Å². The first-order chi connectivity index (χ1) is 14.0. The minimum Gasteiger partial charge on any atom is -0.324 e. The molecule has 1 fully saturated rings. The van der Waals surface area contributed by atoms with E-state index in [1.807, 2.05) is 50.3 Å². The lowest BCUT2D eigenvalue weighted by atomic mass is 10.1. The molecule has 1 N–H and O–H groups in total. The van der Waals surface area contributed by atoms with Gasteiger partial charge in [-0.3, -0.25) is 14.6 Å². The second-order valence-electron chi connectivity index (χ2n) is 8.00. The molecule has 1 atom stereocenters. The molecular formula is C24H29N3OS. The lowest BCUT2D eigenvalue weighted by Crippen LogP contribution is -2.52. The first-order valence-corrected chi connectivity index (χ1v) is 11.2. The molecule has 5 heteroatoms. The summed E-state index contributed by atoms with van der Waals surface area (Å²) in [6, 6.07) is 14.6. The monoisotopic (exact) mass is 407 g/mol. The average molecular weight is 408 g/mol. The van der Waals surface area contributed by atoms with E-state index in [2.05, 4.69) is 44.8 Å². The Labute approximate surface area is 177 Å². The fraction of sp³-hybridized carbons (Fsp3) is 0.375. The van der Waals surface area contributed by atoms with Crippen LogP contribution in [0.4, 0.5) is 5.69 Å². The molecule has 0 aliphatic carbocycles. The third-order valence-electron chi connectivity index (χ3n) is 6.02. The van der Waals surface area contributed by atoms with Gasteiger partial charge in [0.25, 0.3) is 0 Å². The number of anilines is 1. The quantitative estimate of drug-likeness (QED) is 0.668. The molecule has 1 aliphatic rings. The van der Waals surface area contributed by atoms with Crippen molar-refractivity contribution in [2.75, 3.05) is 31.5 Å². The fourth-order valence-corrected chi connectivity index (χ4v) is 5.06. The molecule has 0 bridgehead atoms. The van der Waals surface area contributed by atoms with Crippen LogP contribution in [0.25, 0.3) is 10.1 Å². The van der Waals surface area contributed by atoms with Crippen molar-refractivity contribution in [1.82, 2.24) is 9.80 Å². The van der Waals surface area contributed by atoms with Gasteiger partial charge in [-0.25, -0.2) is 0 Å². The third-order valence-corrected chi connectivity index (χ3v) is 7.03. The van der Waals surface area contributed by atoms with Crippen molar-refractivity contribution in [3.05, 3.63) is 64.5 Å². The predicted octanol–water partition coefficient (Wildman–Crippen LogP) is 4.66. The van der Waals surface area contributed by atoms with Gasteiger partial charge in [-0.05, 0) is 54.3 Å². The number of piperazine rings is 1. The van der Waals surface area contributed by atoms with Gasteiger partial charge in [-0.15, -0.1) is 11.3 Å². The van der Waals surface area contributed by atoms with Crippen molar-refractivity contribution >= 4 is 33.0 Å². The fourth-order valence-electron chi connectivity index (χ4n) is 4.11. The largest absolute Gasteiger partial charge is 0.324 e. The van der Waals surface area contributed by atoms with Gasteiger partial charge < -0.3 is 5.32 Å². The first-order valence-electron chi connectivity index (χ1n) is 10.3. The number of benzene rings is 2. The maximum atomic E-state index is 12.8. The molecule has 29 heavy (non-hydrogen) atoms. The summed E-state index contributed by atoms with van der Waals surface area (Å²) in [5, 5.41) is 6.82. The standard InChI is InChI=1S/C24H29N3OS/c1-17-7-6-8-18(2)23(17)25-24(28)19(3)27-13-11-26(12-14-27)15-20-16-29-22-10-5-4-9-21(20)22/h4-10,16,19H,11-15H2,1-3H3,(H,25,28). The number of carbonyl (C=O) groups is 1. The normalized spacial score (nSPS) is 16.8. The highest BCUT2D eigenvalue weighted by atomic mass is 32.1. The van der Waals surface area contributed by atoms with Crippen molar-refractivity contribution < 1.29 is 4.79 Å². The summed E-state index contributed by atoms with van der Waals surface area (Å²) >= 11 is 1.82. The van der Waals surface area contributed by atoms with E-state index in [0.717, 1.165) is 49.5 Å². The van der Waals surface area contributed by atoms with Gasteiger partial charge in [0.1, 0.15) is 0 Å². The number of thiophene rings is 1. The molecule has 1 saturated heterocycles. The molecule has 2 aromatic carbocycles. The van der Waals surface area contributed by atoms with Crippen molar-refractivity contribution in [3.63, 3.8) is 0 Å². The minimum atomic E-state index is -0.127. The Hall–Kier alpha value is -2.21. The average Bonchev–Trinajstić information content (AvgIpc) is 3.14. The van der Waals surface area contributed by atoms with E-state index in [1.54, 1.807) is 0 Å². The number of aryl methyl sites for hydroxylation is 2. The molecule has 2 heterocycles. The van der Waals surface area contributed by atoms with E-state index < -0.39 is 0 Å². The Morgan fingerprint density at radius 1 is 1.03 bits per heavy atom. The topological polar surface area (TPSA) is 35.6 Å². The third kappa shape index (κ3) is 4.37. The summed E-state index contributed by atoms with van der Waals surface area (Å²) in [5.41, 5.74) is 4.59. The van der Waals surface area contributed by atoms with E-state index in [9.17, 15) is 4.79 Å². The van der Waals surface area contributed by atoms with Crippen LogP contribution in [0.2, 0.25) is 0 Å². The first kappa shape index (κ1) is 20.1. The molecule has 3 aromatic rings. The maximum absolute atomic E-state index is 12.8. The Kier molecular flexibility index (Phi) is 5.99. The highest BCUT2D eigenvalue weighted by Crippen LogP contribution is 2.27. The molecule has 0 saturated carbocycles. The van der Waals surface area contributed by atoms with E-state index >= 15 is 0 Å². The van der Waals surface area contributed by atoms with Crippen LogP contribution in [0.15, 0.2) is 47.8 Å².